The summed E-state index contributed by atoms with van der Waals surface area (Å²) in [7, 11) is 0. The molecule has 0 N–H and O–H groups in total. The smallest absolute Gasteiger partial charge is 0.0619 e. The molecule has 9 aromatic carbocycles. The number of aromatic nitrogens is 2. The largest absolute Gasteiger partial charge is 0.309 e. The molecule has 0 saturated heterocycles. The van der Waals surface area contributed by atoms with Crippen molar-refractivity contribution < 1.29 is 0 Å². The van der Waals surface area contributed by atoms with Gasteiger partial charge in [0.25, 0.3) is 0 Å². The number of hydrogen-bond acceptors (Lipinski definition) is 0. The summed E-state index contributed by atoms with van der Waals surface area (Å²) in [5.41, 5.74) is 15.0. The fraction of sp³-hybridized carbons (Fsp3) is 0.0182. The van der Waals surface area contributed by atoms with Crippen LogP contribution in [0.2, 0.25) is 0 Å². The highest BCUT2D eigenvalue weighted by Crippen LogP contribution is 2.44. The van der Waals surface area contributed by atoms with Crippen LogP contribution in [-0.2, 0) is 6.42 Å². The van der Waals surface area contributed by atoms with E-state index in [0.29, 0.717) is 0 Å². The Morgan fingerprint density at radius 1 is 0.298 bits per heavy atom. The van der Waals surface area contributed by atoms with Crippen LogP contribution in [0.5, 0.6) is 0 Å². The van der Waals surface area contributed by atoms with Gasteiger partial charge in [-0.2, -0.15) is 0 Å². The van der Waals surface area contributed by atoms with Gasteiger partial charge < -0.3 is 8.97 Å². The third-order valence-corrected chi connectivity index (χ3v) is 12.7. The van der Waals surface area contributed by atoms with E-state index in [4.69, 9.17) is 0 Å². The number of hydrogen-bond donors (Lipinski definition) is 0. The summed E-state index contributed by atoms with van der Waals surface area (Å²) < 4.78 is 4.95. The first-order valence-electron chi connectivity index (χ1n) is 19.9. The highest BCUT2D eigenvalue weighted by Gasteiger charge is 2.21. The van der Waals surface area contributed by atoms with Gasteiger partial charge in [0, 0.05) is 38.0 Å². The van der Waals surface area contributed by atoms with E-state index in [1.54, 1.807) is 0 Å². The van der Waals surface area contributed by atoms with E-state index in [0.717, 1.165) is 12.1 Å². The molecule has 0 atom stereocenters. The zero-order valence-electron chi connectivity index (χ0n) is 31.1. The summed E-state index contributed by atoms with van der Waals surface area (Å²) in [6, 6.07) is 72.2. The monoisotopic (exact) mass is 722 g/mol. The minimum atomic E-state index is 0.973. The van der Waals surface area contributed by atoms with Gasteiger partial charge in [0.1, 0.15) is 0 Å². The Labute approximate surface area is 328 Å². The molecule has 1 aliphatic rings. The lowest BCUT2D eigenvalue weighted by Crippen LogP contribution is -1.93. The molecule has 3 aromatic heterocycles. The van der Waals surface area contributed by atoms with Crippen LogP contribution in [0.25, 0.3) is 109 Å². The third kappa shape index (κ3) is 4.30. The molecule has 2 heteroatoms. The normalized spacial score (nSPS) is 12.5. The maximum absolute atomic E-state index is 2.54. The zero-order valence-corrected chi connectivity index (χ0v) is 31.1. The second kappa shape index (κ2) is 11.6. The van der Waals surface area contributed by atoms with Crippen molar-refractivity contribution in [2.24, 2.45) is 0 Å². The lowest BCUT2D eigenvalue weighted by Gasteiger charge is -2.10. The van der Waals surface area contributed by atoms with Gasteiger partial charge in [-0.1, -0.05) is 146 Å². The van der Waals surface area contributed by atoms with E-state index in [-0.39, 0.29) is 0 Å². The maximum Gasteiger partial charge on any atom is 0.0619 e. The Kier molecular flexibility index (Phi) is 6.25. The summed E-state index contributed by atoms with van der Waals surface area (Å²) in [4.78, 5) is 0. The van der Waals surface area contributed by atoms with Crippen molar-refractivity contribution in [3.8, 4) is 27.9 Å². The van der Waals surface area contributed by atoms with Crippen molar-refractivity contribution in [3.05, 3.63) is 205 Å². The molecule has 0 amide bonds. The van der Waals surface area contributed by atoms with Crippen LogP contribution in [0.4, 0.5) is 0 Å². The molecule has 0 radical (unpaired) electrons. The molecule has 264 valence electrons. The SMILES string of the molecule is c1ccc(-c2ccc(-n3c4ccccc4c4cc(-c5ccc6c(c5)c5cccc7c8cccc9c8c8c(cccc8c8ccccc8n6c75)C9)ccc43)cc2)cc1. The first kappa shape index (κ1) is 30.9. The first-order chi connectivity index (χ1) is 28.3. The first-order valence-corrected chi connectivity index (χ1v) is 19.9. The molecular formula is C55H34N2. The average Bonchev–Trinajstić information content (AvgIpc) is 3.94. The Morgan fingerprint density at radius 3 is 1.47 bits per heavy atom. The molecule has 0 aliphatic heterocycles. The Hall–Kier alpha value is -7.42. The third-order valence-electron chi connectivity index (χ3n) is 12.7. The van der Waals surface area contributed by atoms with Crippen molar-refractivity contribution in [2.45, 2.75) is 6.42 Å². The molecular weight excluding hydrogens is 689 g/mol. The van der Waals surface area contributed by atoms with Gasteiger partial charge >= 0.3 is 0 Å². The molecule has 0 bridgehead atoms. The van der Waals surface area contributed by atoms with Crippen molar-refractivity contribution in [3.63, 3.8) is 0 Å². The van der Waals surface area contributed by atoms with Gasteiger partial charge in [-0.3, -0.25) is 0 Å². The number of para-hydroxylation sites is 3. The fourth-order valence-corrected chi connectivity index (χ4v) is 10.2. The minimum Gasteiger partial charge on any atom is -0.309 e. The van der Waals surface area contributed by atoms with Crippen LogP contribution in [0, 0.1) is 0 Å². The molecule has 2 nitrogen and oxygen atoms in total. The van der Waals surface area contributed by atoms with E-state index in [2.05, 4.69) is 203 Å². The number of nitrogens with zero attached hydrogens (tertiary/aromatic N) is 2. The lowest BCUT2D eigenvalue weighted by molar-refractivity contribution is 1.18. The second-order valence-corrected chi connectivity index (χ2v) is 15.6. The summed E-state index contributed by atoms with van der Waals surface area (Å²) in [6.45, 7) is 0. The molecule has 0 unspecified atom stereocenters. The highest BCUT2D eigenvalue weighted by atomic mass is 15.0. The highest BCUT2D eigenvalue weighted by molar-refractivity contribution is 6.27. The molecule has 0 saturated carbocycles. The van der Waals surface area contributed by atoms with E-state index >= 15 is 0 Å². The van der Waals surface area contributed by atoms with E-state index in [1.807, 2.05) is 0 Å². The topological polar surface area (TPSA) is 9.34 Å². The van der Waals surface area contributed by atoms with Gasteiger partial charge in [0.15, 0.2) is 0 Å². The second-order valence-electron chi connectivity index (χ2n) is 15.6. The summed E-state index contributed by atoms with van der Waals surface area (Å²) >= 11 is 0. The fourth-order valence-electron chi connectivity index (χ4n) is 10.2. The zero-order chi connectivity index (χ0) is 37.2. The Balaban J connectivity index is 1.06. The molecule has 3 heterocycles. The van der Waals surface area contributed by atoms with Gasteiger partial charge in [0.2, 0.25) is 0 Å². The van der Waals surface area contributed by atoms with Crippen LogP contribution in [-0.4, -0.2) is 8.97 Å². The Morgan fingerprint density at radius 2 is 0.754 bits per heavy atom. The quantitative estimate of drug-likeness (QED) is 0.172. The number of benzene rings is 9. The molecule has 1 aliphatic carbocycles. The summed E-state index contributed by atoms with van der Waals surface area (Å²) in [5, 5.41) is 13.0. The van der Waals surface area contributed by atoms with Crippen LogP contribution in [0.3, 0.4) is 0 Å². The molecule has 13 rings (SSSR count). The predicted molar refractivity (Wildman–Crippen MR) is 242 cm³/mol. The van der Waals surface area contributed by atoms with Crippen molar-refractivity contribution in [1.29, 1.82) is 0 Å². The summed E-state index contributed by atoms with van der Waals surface area (Å²) in [5.74, 6) is 0. The van der Waals surface area contributed by atoms with Crippen LogP contribution in [0.1, 0.15) is 11.1 Å². The molecule has 12 aromatic rings. The average molecular weight is 723 g/mol. The van der Waals surface area contributed by atoms with Crippen LogP contribution < -0.4 is 0 Å². The summed E-state index contributed by atoms with van der Waals surface area (Å²) in [6.07, 6.45) is 0.973. The molecule has 57 heavy (non-hydrogen) atoms. The number of rotatable bonds is 3. The van der Waals surface area contributed by atoms with Crippen LogP contribution in [0.15, 0.2) is 194 Å². The van der Waals surface area contributed by atoms with Gasteiger partial charge in [0.05, 0.1) is 27.6 Å². The van der Waals surface area contributed by atoms with Crippen molar-refractivity contribution in [1.82, 2.24) is 8.97 Å². The maximum atomic E-state index is 2.54. The van der Waals surface area contributed by atoms with E-state index in [9.17, 15) is 0 Å². The van der Waals surface area contributed by atoms with E-state index in [1.165, 1.54) is 115 Å². The number of fused-ring (bicyclic) bond motifs is 10. The van der Waals surface area contributed by atoms with Gasteiger partial charge in [-0.15, -0.1) is 0 Å². The van der Waals surface area contributed by atoms with Crippen molar-refractivity contribution in [2.75, 3.05) is 0 Å². The predicted octanol–water partition coefficient (Wildman–Crippen LogP) is 14.6. The molecule has 0 spiro atoms. The van der Waals surface area contributed by atoms with Gasteiger partial charge in [-0.25, -0.2) is 0 Å². The van der Waals surface area contributed by atoms with E-state index < -0.39 is 0 Å². The minimum absolute atomic E-state index is 0.973. The van der Waals surface area contributed by atoms with Crippen LogP contribution >= 0.6 is 0 Å². The van der Waals surface area contributed by atoms with Gasteiger partial charge in [-0.05, 0) is 110 Å². The Bertz CT molecular complexity index is 3700. The standard InChI is InChI=1S/C55H34N2/c1-2-11-34(12-3-1)35-23-27-40(28-24-35)56-49-21-6-5-16-42(49)47-32-36(25-29-51(47)56)37-26-30-52-48(33-37)46-20-10-19-45-44-18-9-14-39-31-38-13-8-17-43(53(38)54(39)44)41-15-4-7-22-50(41)57(52)55(45)46/h1-30,32-33H,31H2. The molecule has 0 fully saturated rings. The lowest BCUT2D eigenvalue weighted by atomic mass is 9.99. The van der Waals surface area contributed by atoms with Crippen molar-refractivity contribution >= 4 is 81.4 Å².